The van der Waals surface area contributed by atoms with Crippen LogP contribution < -0.4 is 5.56 Å². The van der Waals surface area contributed by atoms with Gasteiger partial charge in [-0.2, -0.15) is 0 Å². The molecule has 0 aromatic carbocycles. The number of thiophene rings is 1. The maximum absolute atomic E-state index is 12.0. The maximum Gasteiger partial charge on any atom is 0.262 e. The first-order valence-corrected chi connectivity index (χ1v) is 5.57. The van der Waals surface area contributed by atoms with Gasteiger partial charge in [0.1, 0.15) is 10.7 Å². The van der Waals surface area contributed by atoms with Crippen LogP contribution in [0.4, 0.5) is 0 Å². The van der Waals surface area contributed by atoms with Crippen molar-refractivity contribution in [3.63, 3.8) is 0 Å². The Morgan fingerprint density at radius 3 is 3.29 bits per heavy atom. The van der Waals surface area contributed by atoms with Gasteiger partial charge in [-0.15, -0.1) is 11.3 Å². The normalized spacial score (nSPS) is 14.9. The molecule has 72 valence electrons. The van der Waals surface area contributed by atoms with Crippen LogP contribution in [0.5, 0.6) is 0 Å². The van der Waals surface area contributed by atoms with Gasteiger partial charge in [0.15, 0.2) is 0 Å². The fourth-order valence-corrected chi connectivity index (χ4v) is 2.88. The van der Waals surface area contributed by atoms with Gasteiger partial charge in [-0.1, -0.05) is 0 Å². The SMILES string of the molecule is Cc1cc2c(=O)n3c(nc2s1)CCC3. The van der Waals surface area contributed by atoms with Crippen LogP contribution in [0.25, 0.3) is 10.2 Å². The van der Waals surface area contributed by atoms with E-state index in [2.05, 4.69) is 4.98 Å². The smallest absolute Gasteiger partial charge is 0.262 e. The Kier molecular flexibility index (Phi) is 1.56. The second-order valence-corrected chi connectivity index (χ2v) is 4.90. The summed E-state index contributed by atoms with van der Waals surface area (Å²) in [5, 5.41) is 0.790. The number of fused-ring (bicyclic) bond motifs is 2. The summed E-state index contributed by atoms with van der Waals surface area (Å²) in [6.07, 6.45) is 2.00. The first kappa shape index (κ1) is 8.17. The Balaban J connectivity index is 2.49. The summed E-state index contributed by atoms with van der Waals surface area (Å²) in [4.78, 5) is 18.5. The molecule has 2 aromatic rings. The largest absolute Gasteiger partial charge is 0.296 e. The van der Waals surface area contributed by atoms with Crippen LogP contribution in [0, 0.1) is 6.92 Å². The minimum atomic E-state index is 0.145. The Morgan fingerprint density at radius 1 is 1.57 bits per heavy atom. The van der Waals surface area contributed by atoms with Crippen molar-refractivity contribution in [2.75, 3.05) is 0 Å². The molecule has 0 saturated heterocycles. The maximum atomic E-state index is 12.0. The van der Waals surface area contributed by atoms with E-state index >= 15 is 0 Å². The van der Waals surface area contributed by atoms with Crippen LogP contribution >= 0.6 is 11.3 Å². The van der Waals surface area contributed by atoms with Crippen LogP contribution in [-0.4, -0.2) is 9.55 Å². The van der Waals surface area contributed by atoms with E-state index in [9.17, 15) is 4.79 Å². The molecule has 0 fully saturated rings. The molecule has 0 N–H and O–H groups in total. The zero-order valence-electron chi connectivity index (χ0n) is 7.91. The third kappa shape index (κ3) is 0.973. The van der Waals surface area contributed by atoms with Crippen LogP contribution in [0.3, 0.4) is 0 Å². The molecule has 3 rings (SSSR count). The number of rotatable bonds is 0. The average molecular weight is 206 g/mol. The third-order valence-electron chi connectivity index (χ3n) is 2.64. The van der Waals surface area contributed by atoms with E-state index in [0.29, 0.717) is 0 Å². The van der Waals surface area contributed by atoms with Gasteiger partial charge < -0.3 is 0 Å². The van der Waals surface area contributed by atoms with E-state index in [4.69, 9.17) is 0 Å². The minimum absolute atomic E-state index is 0.145. The molecular weight excluding hydrogens is 196 g/mol. The highest BCUT2D eigenvalue weighted by molar-refractivity contribution is 7.18. The highest BCUT2D eigenvalue weighted by Crippen LogP contribution is 2.22. The molecule has 0 saturated carbocycles. The third-order valence-corrected chi connectivity index (χ3v) is 3.58. The van der Waals surface area contributed by atoms with Crippen molar-refractivity contribution in [3.8, 4) is 0 Å². The van der Waals surface area contributed by atoms with Crippen LogP contribution in [0.2, 0.25) is 0 Å². The highest BCUT2D eigenvalue weighted by Gasteiger charge is 2.16. The van der Waals surface area contributed by atoms with Crippen LogP contribution in [0.1, 0.15) is 17.1 Å². The molecule has 1 aliphatic heterocycles. The molecule has 0 atom stereocenters. The molecule has 3 heterocycles. The molecule has 0 amide bonds. The number of hydrogen-bond donors (Lipinski definition) is 0. The van der Waals surface area contributed by atoms with Crippen molar-refractivity contribution >= 4 is 21.6 Å². The van der Waals surface area contributed by atoms with Gasteiger partial charge >= 0.3 is 0 Å². The molecule has 14 heavy (non-hydrogen) atoms. The number of aromatic nitrogens is 2. The molecule has 4 heteroatoms. The summed E-state index contributed by atoms with van der Waals surface area (Å²) in [5.74, 6) is 0.962. The molecule has 0 unspecified atom stereocenters. The van der Waals surface area contributed by atoms with Crippen molar-refractivity contribution in [3.05, 3.63) is 27.1 Å². The quantitative estimate of drug-likeness (QED) is 0.657. The van der Waals surface area contributed by atoms with Gasteiger partial charge in [0.2, 0.25) is 0 Å². The molecule has 1 aliphatic rings. The molecule has 0 bridgehead atoms. The predicted octanol–water partition coefficient (Wildman–Crippen LogP) is 1.71. The lowest BCUT2D eigenvalue weighted by Crippen LogP contribution is -2.19. The second kappa shape index (κ2) is 2.67. The van der Waals surface area contributed by atoms with E-state index in [-0.39, 0.29) is 5.56 Å². The zero-order chi connectivity index (χ0) is 9.71. The van der Waals surface area contributed by atoms with E-state index in [1.54, 1.807) is 11.3 Å². The topological polar surface area (TPSA) is 34.9 Å². The van der Waals surface area contributed by atoms with Crippen molar-refractivity contribution in [2.45, 2.75) is 26.3 Å². The Labute approximate surface area is 85.0 Å². The molecule has 2 aromatic heterocycles. The van der Waals surface area contributed by atoms with Gasteiger partial charge in [-0.3, -0.25) is 9.36 Å². The predicted molar refractivity (Wildman–Crippen MR) is 56.9 cm³/mol. The lowest BCUT2D eigenvalue weighted by Gasteiger charge is -2.00. The summed E-state index contributed by atoms with van der Waals surface area (Å²) in [5.41, 5.74) is 0.145. The van der Waals surface area contributed by atoms with Crippen molar-refractivity contribution < 1.29 is 0 Å². The lowest BCUT2D eigenvalue weighted by molar-refractivity contribution is 0.720. The minimum Gasteiger partial charge on any atom is -0.296 e. The van der Waals surface area contributed by atoms with Gasteiger partial charge in [0, 0.05) is 17.8 Å². The second-order valence-electron chi connectivity index (χ2n) is 3.66. The Hall–Kier alpha value is -1.16. The number of nitrogens with zero attached hydrogens (tertiary/aromatic N) is 2. The fraction of sp³-hybridized carbons (Fsp3) is 0.400. The molecular formula is C10H10N2OS. The highest BCUT2D eigenvalue weighted by atomic mass is 32.1. The standard InChI is InChI=1S/C10H10N2OS/c1-6-5-7-9(14-6)11-8-3-2-4-12(8)10(7)13/h5H,2-4H2,1H3. The van der Waals surface area contributed by atoms with E-state index in [1.807, 2.05) is 17.6 Å². The first-order chi connectivity index (χ1) is 6.75. The monoisotopic (exact) mass is 206 g/mol. The molecule has 0 spiro atoms. The Bertz CT molecular complexity index is 567. The van der Waals surface area contributed by atoms with Crippen molar-refractivity contribution in [2.24, 2.45) is 0 Å². The van der Waals surface area contributed by atoms with Gasteiger partial charge in [0.05, 0.1) is 5.39 Å². The van der Waals surface area contributed by atoms with E-state index in [0.717, 1.165) is 40.3 Å². The van der Waals surface area contributed by atoms with Crippen LogP contribution in [-0.2, 0) is 13.0 Å². The average Bonchev–Trinajstić information content (AvgIpc) is 2.71. The fourth-order valence-electron chi connectivity index (χ4n) is 2.00. The van der Waals surface area contributed by atoms with Gasteiger partial charge in [0.25, 0.3) is 5.56 Å². The molecule has 3 nitrogen and oxygen atoms in total. The summed E-state index contributed by atoms with van der Waals surface area (Å²) in [6.45, 7) is 2.85. The Morgan fingerprint density at radius 2 is 2.43 bits per heavy atom. The number of hydrogen-bond acceptors (Lipinski definition) is 3. The number of aryl methyl sites for hydroxylation is 2. The first-order valence-electron chi connectivity index (χ1n) is 4.75. The summed E-state index contributed by atoms with van der Waals surface area (Å²) < 4.78 is 1.81. The van der Waals surface area contributed by atoms with E-state index < -0.39 is 0 Å². The van der Waals surface area contributed by atoms with Crippen molar-refractivity contribution in [1.82, 2.24) is 9.55 Å². The lowest BCUT2D eigenvalue weighted by atomic mass is 10.3. The van der Waals surface area contributed by atoms with E-state index in [1.165, 1.54) is 0 Å². The molecule has 0 aliphatic carbocycles. The van der Waals surface area contributed by atoms with Crippen molar-refractivity contribution in [1.29, 1.82) is 0 Å². The van der Waals surface area contributed by atoms with Gasteiger partial charge in [-0.05, 0) is 19.4 Å². The summed E-state index contributed by atoms with van der Waals surface area (Å²) in [7, 11) is 0. The van der Waals surface area contributed by atoms with Crippen LogP contribution in [0.15, 0.2) is 10.9 Å². The zero-order valence-corrected chi connectivity index (χ0v) is 8.73. The molecule has 0 radical (unpaired) electrons. The summed E-state index contributed by atoms with van der Waals surface area (Å²) >= 11 is 1.61. The van der Waals surface area contributed by atoms with Gasteiger partial charge in [-0.25, -0.2) is 4.98 Å². The summed E-state index contributed by atoms with van der Waals surface area (Å²) in [6, 6.07) is 1.95.